The van der Waals surface area contributed by atoms with Gasteiger partial charge in [0.2, 0.25) is 5.13 Å². The van der Waals surface area contributed by atoms with Crippen molar-refractivity contribution in [2.75, 3.05) is 25.0 Å². The zero-order chi connectivity index (χ0) is 15.6. The first kappa shape index (κ1) is 14.4. The van der Waals surface area contributed by atoms with E-state index in [0.29, 0.717) is 25.6 Å². The number of rotatable bonds is 5. The molecule has 1 aliphatic heterocycles. The molecule has 1 fully saturated rings. The van der Waals surface area contributed by atoms with Gasteiger partial charge in [-0.2, -0.15) is 0 Å². The SMILES string of the molecule is O=C1COc2ccccc2CN1CCNc1nnc(C2CC2)s1. The standard InChI is InChI=1S/C16H18N4O2S/c21-14-10-22-13-4-2-1-3-12(13)9-20(14)8-7-17-16-19-18-15(23-16)11-5-6-11/h1-4,11H,5-10H2,(H,17,19). The van der Waals surface area contributed by atoms with Crippen molar-refractivity contribution in [2.45, 2.75) is 25.3 Å². The molecule has 1 aromatic heterocycles. The van der Waals surface area contributed by atoms with E-state index in [1.165, 1.54) is 12.8 Å². The summed E-state index contributed by atoms with van der Waals surface area (Å²) in [5.41, 5.74) is 1.05. The molecule has 0 spiro atoms. The first-order valence-electron chi connectivity index (χ1n) is 7.85. The lowest BCUT2D eigenvalue weighted by Gasteiger charge is -2.19. The molecule has 1 aliphatic carbocycles. The number of hydrogen-bond donors (Lipinski definition) is 1. The zero-order valence-electron chi connectivity index (χ0n) is 12.7. The number of amides is 1. The van der Waals surface area contributed by atoms with Crippen molar-refractivity contribution in [3.8, 4) is 5.75 Å². The maximum Gasteiger partial charge on any atom is 0.260 e. The number of ether oxygens (including phenoxy) is 1. The second kappa shape index (κ2) is 6.16. The molecule has 4 rings (SSSR count). The number of carbonyl (C=O) groups is 1. The van der Waals surface area contributed by atoms with Crippen LogP contribution in [0, 0.1) is 0 Å². The average Bonchev–Trinajstić information content (AvgIpc) is 3.33. The molecule has 7 heteroatoms. The molecule has 2 aromatic rings. The molecule has 0 atom stereocenters. The molecular formula is C16H18N4O2S. The summed E-state index contributed by atoms with van der Waals surface area (Å²) in [6.45, 7) is 1.96. The van der Waals surface area contributed by atoms with Crippen LogP contribution in [0.4, 0.5) is 5.13 Å². The van der Waals surface area contributed by atoms with E-state index < -0.39 is 0 Å². The molecule has 0 unspecified atom stereocenters. The Hall–Kier alpha value is -2.15. The number of benzene rings is 1. The fourth-order valence-electron chi connectivity index (χ4n) is 2.60. The molecule has 2 heterocycles. The molecule has 0 bridgehead atoms. The minimum atomic E-state index is 0.0129. The third-order valence-electron chi connectivity index (χ3n) is 4.06. The van der Waals surface area contributed by atoms with Gasteiger partial charge >= 0.3 is 0 Å². The van der Waals surface area contributed by atoms with Gasteiger partial charge in [0.25, 0.3) is 5.91 Å². The predicted octanol–water partition coefficient (Wildman–Crippen LogP) is 2.25. The lowest BCUT2D eigenvalue weighted by molar-refractivity contribution is -0.133. The first-order chi connectivity index (χ1) is 11.3. The molecule has 1 N–H and O–H groups in total. The van der Waals surface area contributed by atoms with E-state index in [0.717, 1.165) is 21.5 Å². The summed E-state index contributed by atoms with van der Waals surface area (Å²) in [5.74, 6) is 1.44. The van der Waals surface area contributed by atoms with Gasteiger partial charge in [-0.1, -0.05) is 29.5 Å². The summed E-state index contributed by atoms with van der Waals surface area (Å²) < 4.78 is 5.56. The molecule has 1 saturated carbocycles. The largest absolute Gasteiger partial charge is 0.483 e. The number of aromatic nitrogens is 2. The predicted molar refractivity (Wildman–Crippen MR) is 87.7 cm³/mol. The van der Waals surface area contributed by atoms with E-state index in [4.69, 9.17) is 4.74 Å². The molecule has 23 heavy (non-hydrogen) atoms. The molecule has 120 valence electrons. The summed E-state index contributed by atoms with van der Waals surface area (Å²) in [4.78, 5) is 14.0. The fraction of sp³-hybridized carbons (Fsp3) is 0.438. The van der Waals surface area contributed by atoms with Crippen LogP contribution in [-0.4, -0.2) is 40.7 Å². The van der Waals surface area contributed by atoms with Gasteiger partial charge in [0.15, 0.2) is 6.61 Å². The van der Waals surface area contributed by atoms with Crippen LogP contribution >= 0.6 is 11.3 Å². The molecular weight excluding hydrogens is 312 g/mol. The van der Waals surface area contributed by atoms with Gasteiger partial charge < -0.3 is 15.0 Å². The lowest BCUT2D eigenvalue weighted by atomic mass is 10.2. The highest BCUT2D eigenvalue weighted by atomic mass is 32.1. The van der Waals surface area contributed by atoms with E-state index >= 15 is 0 Å². The van der Waals surface area contributed by atoms with Crippen molar-refractivity contribution in [3.63, 3.8) is 0 Å². The summed E-state index contributed by atoms with van der Waals surface area (Å²) in [5, 5.41) is 13.6. The third kappa shape index (κ3) is 3.29. The van der Waals surface area contributed by atoms with Crippen molar-refractivity contribution in [2.24, 2.45) is 0 Å². The Bertz CT molecular complexity index is 714. The number of fused-ring (bicyclic) bond motifs is 1. The van der Waals surface area contributed by atoms with Gasteiger partial charge in [-0.25, -0.2) is 0 Å². The third-order valence-corrected chi connectivity index (χ3v) is 5.11. The molecule has 0 saturated heterocycles. The Labute approximate surface area is 138 Å². The number of anilines is 1. The molecule has 1 aromatic carbocycles. The van der Waals surface area contributed by atoms with Crippen LogP contribution in [0.3, 0.4) is 0 Å². The lowest BCUT2D eigenvalue weighted by Crippen LogP contribution is -2.36. The van der Waals surface area contributed by atoms with Crippen LogP contribution in [0.2, 0.25) is 0 Å². The quantitative estimate of drug-likeness (QED) is 0.911. The topological polar surface area (TPSA) is 67.3 Å². The van der Waals surface area contributed by atoms with E-state index in [1.54, 1.807) is 11.3 Å². The second-order valence-corrected chi connectivity index (χ2v) is 6.87. The molecule has 2 aliphatic rings. The zero-order valence-corrected chi connectivity index (χ0v) is 13.5. The van der Waals surface area contributed by atoms with Gasteiger partial charge in [0, 0.05) is 31.1 Å². The summed E-state index contributed by atoms with van der Waals surface area (Å²) >= 11 is 1.62. The van der Waals surface area contributed by atoms with Gasteiger partial charge in [0.1, 0.15) is 10.8 Å². The Kier molecular flexibility index (Phi) is 3.87. The van der Waals surface area contributed by atoms with E-state index in [9.17, 15) is 4.79 Å². The van der Waals surface area contributed by atoms with Gasteiger partial charge in [-0.3, -0.25) is 4.79 Å². The summed E-state index contributed by atoms with van der Waals surface area (Å²) in [6, 6.07) is 7.80. The van der Waals surface area contributed by atoms with Crippen molar-refractivity contribution in [3.05, 3.63) is 34.8 Å². The minimum absolute atomic E-state index is 0.0129. The number of para-hydroxylation sites is 1. The monoisotopic (exact) mass is 330 g/mol. The Morgan fingerprint density at radius 3 is 3.04 bits per heavy atom. The number of nitrogens with one attached hydrogen (secondary N) is 1. The highest BCUT2D eigenvalue weighted by molar-refractivity contribution is 7.15. The van der Waals surface area contributed by atoms with Crippen molar-refractivity contribution in [1.29, 1.82) is 0 Å². The maximum absolute atomic E-state index is 12.2. The van der Waals surface area contributed by atoms with Crippen LogP contribution in [0.15, 0.2) is 24.3 Å². The Morgan fingerprint density at radius 2 is 2.17 bits per heavy atom. The number of hydrogen-bond acceptors (Lipinski definition) is 6. The minimum Gasteiger partial charge on any atom is -0.483 e. The highest BCUT2D eigenvalue weighted by Gasteiger charge is 2.27. The Morgan fingerprint density at radius 1 is 1.30 bits per heavy atom. The summed E-state index contributed by atoms with van der Waals surface area (Å²) in [7, 11) is 0. The van der Waals surface area contributed by atoms with Crippen LogP contribution in [-0.2, 0) is 11.3 Å². The average molecular weight is 330 g/mol. The second-order valence-electron chi connectivity index (χ2n) is 5.86. The maximum atomic E-state index is 12.2. The fourth-order valence-corrected chi connectivity index (χ4v) is 3.54. The van der Waals surface area contributed by atoms with Gasteiger partial charge in [-0.05, 0) is 18.9 Å². The first-order valence-corrected chi connectivity index (χ1v) is 8.67. The van der Waals surface area contributed by atoms with Crippen LogP contribution in [0.5, 0.6) is 5.75 Å². The van der Waals surface area contributed by atoms with Crippen molar-refractivity contribution >= 4 is 22.4 Å². The van der Waals surface area contributed by atoms with Crippen molar-refractivity contribution < 1.29 is 9.53 Å². The molecule has 6 nitrogen and oxygen atoms in total. The van der Waals surface area contributed by atoms with E-state index in [-0.39, 0.29) is 12.5 Å². The van der Waals surface area contributed by atoms with E-state index in [2.05, 4.69) is 15.5 Å². The van der Waals surface area contributed by atoms with Crippen LogP contribution in [0.25, 0.3) is 0 Å². The van der Waals surface area contributed by atoms with Gasteiger partial charge in [0.05, 0.1) is 0 Å². The number of carbonyl (C=O) groups excluding carboxylic acids is 1. The van der Waals surface area contributed by atoms with Crippen LogP contribution < -0.4 is 10.1 Å². The molecule has 1 amide bonds. The Balaban J connectivity index is 1.34. The number of nitrogens with zero attached hydrogens (tertiary/aromatic N) is 3. The smallest absolute Gasteiger partial charge is 0.260 e. The van der Waals surface area contributed by atoms with Crippen molar-refractivity contribution in [1.82, 2.24) is 15.1 Å². The van der Waals surface area contributed by atoms with E-state index in [1.807, 2.05) is 29.2 Å². The van der Waals surface area contributed by atoms with Crippen LogP contribution in [0.1, 0.15) is 29.3 Å². The molecule has 0 radical (unpaired) electrons. The summed E-state index contributed by atoms with van der Waals surface area (Å²) in [6.07, 6.45) is 2.46. The van der Waals surface area contributed by atoms with Gasteiger partial charge in [-0.15, -0.1) is 10.2 Å². The normalized spacial score (nSPS) is 17.4. The highest BCUT2D eigenvalue weighted by Crippen LogP contribution is 2.41.